The molecule has 84 valence electrons. The molecule has 0 aliphatic rings. The number of rotatable bonds is 2. The summed E-state index contributed by atoms with van der Waals surface area (Å²) in [4.78, 5) is 8.27. The number of benzene rings is 1. The molecule has 0 saturated heterocycles. The summed E-state index contributed by atoms with van der Waals surface area (Å²) >= 11 is 0. The minimum Gasteiger partial charge on any atom is -0.384 e. The van der Waals surface area contributed by atoms with Gasteiger partial charge in [-0.1, -0.05) is 0 Å². The lowest BCUT2D eigenvalue weighted by Crippen LogP contribution is -2.01. The van der Waals surface area contributed by atoms with Crippen molar-refractivity contribution in [2.24, 2.45) is 0 Å². The van der Waals surface area contributed by atoms with Crippen LogP contribution in [0.1, 0.15) is 11.3 Å². The van der Waals surface area contributed by atoms with Gasteiger partial charge in [0.1, 0.15) is 5.82 Å². The quantitative estimate of drug-likeness (QED) is 0.815. The second-order valence-corrected chi connectivity index (χ2v) is 3.57. The molecule has 0 amide bonds. The summed E-state index contributed by atoms with van der Waals surface area (Å²) in [5.41, 5.74) is 7.85. The fourth-order valence-corrected chi connectivity index (χ4v) is 1.41. The van der Waals surface area contributed by atoms with Gasteiger partial charge in [0.25, 0.3) is 0 Å². The molecule has 0 radical (unpaired) electrons. The highest BCUT2D eigenvalue weighted by molar-refractivity contribution is 5.56. The molecule has 3 N–H and O–H groups in total. The molecule has 5 nitrogen and oxygen atoms in total. The van der Waals surface area contributed by atoms with Crippen molar-refractivity contribution in [3.8, 4) is 6.07 Å². The van der Waals surface area contributed by atoms with Gasteiger partial charge in [-0.25, -0.2) is 4.98 Å². The molecule has 1 heterocycles. The van der Waals surface area contributed by atoms with Gasteiger partial charge in [-0.2, -0.15) is 10.2 Å². The molecule has 2 aromatic rings. The van der Waals surface area contributed by atoms with Gasteiger partial charge >= 0.3 is 0 Å². The Balaban J connectivity index is 2.22. The Labute approximate surface area is 98.9 Å². The molecule has 2 rings (SSSR count). The number of aryl methyl sites for hydroxylation is 1. The first-order valence-electron chi connectivity index (χ1n) is 5.06. The Morgan fingerprint density at radius 3 is 2.53 bits per heavy atom. The van der Waals surface area contributed by atoms with Gasteiger partial charge < -0.3 is 11.1 Å². The van der Waals surface area contributed by atoms with Gasteiger partial charge in [-0.15, -0.1) is 0 Å². The Morgan fingerprint density at radius 1 is 1.24 bits per heavy atom. The highest BCUT2D eigenvalue weighted by Gasteiger charge is 2.00. The zero-order valence-corrected chi connectivity index (χ0v) is 9.31. The molecule has 0 saturated carbocycles. The van der Waals surface area contributed by atoms with Crippen molar-refractivity contribution in [2.45, 2.75) is 6.92 Å². The number of anilines is 3. The summed E-state index contributed by atoms with van der Waals surface area (Å²) < 4.78 is 0. The van der Waals surface area contributed by atoms with E-state index in [-0.39, 0.29) is 0 Å². The summed E-state index contributed by atoms with van der Waals surface area (Å²) in [6.45, 7) is 1.85. The predicted molar refractivity (Wildman–Crippen MR) is 65.6 cm³/mol. The first kappa shape index (κ1) is 10.9. The molecule has 0 aliphatic carbocycles. The van der Waals surface area contributed by atoms with Crippen LogP contribution in [0.15, 0.2) is 30.3 Å². The molecule has 17 heavy (non-hydrogen) atoms. The van der Waals surface area contributed by atoms with Crippen molar-refractivity contribution in [2.75, 3.05) is 11.1 Å². The second kappa shape index (κ2) is 4.49. The summed E-state index contributed by atoms with van der Waals surface area (Å²) in [6.07, 6.45) is 0. The fourth-order valence-electron chi connectivity index (χ4n) is 1.41. The maximum Gasteiger partial charge on any atom is 0.229 e. The van der Waals surface area contributed by atoms with Gasteiger partial charge in [-0.3, -0.25) is 0 Å². The average Bonchev–Trinajstić information content (AvgIpc) is 2.28. The normalized spacial score (nSPS) is 9.65. The maximum absolute atomic E-state index is 8.68. The van der Waals surface area contributed by atoms with Crippen LogP contribution in [0.5, 0.6) is 0 Å². The van der Waals surface area contributed by atoms with Crippen LogP contribution in [-0.2, 0) is 0 Å². The van der Waals surface area contributed by atoms with Crippen LogP contribution in [0, 0.1) is 18.3 Å². The lowest BCUT2D eigenvalue weighted by Gasteiger charge is -2.06. The molecule has 0 fully saturated rings. The number of nitrogens with one attached hydrogen (secondary N) is 1. The van der Waals surface area contributed by atoms with E-state index in [1.807, 2.05) is 6.92 Å². The van der Waals surface area contributed by atoms with E-state index in [1.165, 1.54) is 0 Å². The van der Waals surface area contributed by atoms with E-state index < -0.39 is 0 Å². The van der Waals surface area contributed by atoms with E-state index in [0.717, 1.165) is 11.4 Å². The summed E-state index contributed by atoms with van der Waals surface area (Å²) in [7, 11) is 0. The molecule has 1 aromatic heterocycles. The van der Waals surface area contributed by atoms with Gasteiger partial charge in [0, 0.05) is 17.4 Å². The smallest absolute Gasteiger partial charge is 0.229 e. The van der Waals surface area contributed by atoms with Crippen molar-refractivity contribution in [3.63, 3.8) is 0 Å². The van der Waals surface area contributed by atoms with Gasteiger partial charge in [0.15, 0.2) is 0 Å². The van der Waals surface area contributed by atoms with E-state index in [1.54, 1.807) is 30.3 Å². The topological polar surface area (TPSA) is 87.6 Å². The molecular weight excluding hydrogens is 214 g/mol. The number of hydrogen-bond acceptors (Lipinski definition) is 5. The molecule has 0 unspecified atom stereocenters. The van der Waals surface area contributed by atoms with Gasteiger partial charge in [-0.05, 0) is 31.2 Å². The van der Waals surface area contributed by atoms with E-state index in [4.69, 9.17) is 11.0 Å². The van der Waals surface area contributed by atoms with Crippen LogP contribution in [0.4, 0.5) is 17.5 Å². The molecule has 0 atom stereocenters. The maximum atomic E-state index is 8.68. The SMILES string of the molecule is Cc1cc(N)nc(Nc2ccc(C#N)cc2)n1. The molecule has 0 aliphatic heterocycles. The summed E-state index contributed by atoms with van der Waals surface area (Å²) in [5.74, 6) is 0.876. The highest BCUT2D eigenvalue weighted by Crippen LogP contribution is 2.15. The Kier molecular flexibility index (Phi) is 2.88. The number of nitrogens with zero attached hydrogens (tertiary/aromatic N) is 3. The number of nitrogen functional groups attached to an aromatic ring is 1. The molecule has 5 heteroatoms. The van der Waals surface area contributed by atoms with Crippen molar-refractivity contribution >= 4 is 17.5 Å². The van der Waals surface area contributed by atoms with Crippen molar-refractivity contribution < 1.29 is 0 Å². The zero-order valence-electron chi connectivity index (χ0n) is 9.31. The van der Waals surface area contributed by atoms with Crippen LogP contribution < -0.4 is 11.1 Å². The van der Waals surface area contributed by atoms with Crippen molar-refractivity contribution in [3.05, 3.63) is 41.6 Å². The van der Waals surface area contributed by atoms with Crippen LogP contribution in [0.2, 0.25) is 0 Å². The fraction of sp³-hybridized carbons (Fsp3) is 0.0833. The van der Waals surface area contributed by atoms with Crippen molar-refractivity contribution in [1.82, 2.24) is 9.97 Å². The van der Waals surface area contributed by atoms with E-state index in [0.29, 0.717) is 17.3 Å². The minimum atomic E-state index is 0.425. The van der Waals surface area contributed by atoms with Crippen LogP contribution in [0.25, 0.3) is 0 Å². The van der Waals surface area contributed by atoms with E-state index in [2.05, 4.69) is 21.4 Å². The standard InChI is InChI=1S/C12H11N5/c1-8-6-11(14)17-12(15-8)16-10-4-2-9(7-13)3-5-10/h2-6H,1H3,(H3,14,15,16,17). The van der Waals surface area contributed by atoms with Crippen LogP contribution in [-0.4, -0.2) is 9.97 Å². The van der Waals surface area contributed by atoms with Crippen LogP contribution >= 0.6 is 0 Å². The van der Waals surface area contributed by atoms with Crippen LogP contribution in [0.3, 0.4) is 0 Å². The molecule has 0 spiro atoms. The molecular formula is C12H11N5. The minimum absolute atomic E-state index is 0.425. The first-order chi connectivity index (χ1) is 8.17. The van der Waals surface area contributed by atoms with E-state index in [9.17, 15) is 0 Å². The summed E-state index contributed by atoms with van der Waals surface area (Å²) in [5, 5.41) is 11.7. The lowest BCUT2D eigenvalue weighted by molar-refractivity contribution is 1.11. The van der Waals surface area contributed by atoms with Gasteiger partial charge in [0.2, 0.25) is 5.95 Å². The number of nitriles is 1. The Bertz CT molecular complexity index is 548. The number of hydrogen-bond donors (Lipinski definition) is 2. The number of nitrogens with two attached hydrogens (primary N) is 1. The first-order valence-corrected chi connectivity index (χ1v) is 5.06. The average molecular weight is 225 g/mol. The molecule has 0 bridgehead atoms. The largest absolute Gasteiger partial charge is 0.384 e. The van der Waals surface area contributed by atoms with Gasteiger partial charge in [0.05, 0.1) is 11.6 Å². The molecule has 1 aromatic carbocycles. The zero-order chi connectivity index (χ0) is 12.3. The number of aromatic nitrogens is 2. The summed E-state index contributed by atoms with van der Waals surface area (Å²) in [6, 6.07) is 10.8. The lowest BCUT2D eigenvalue weighted by atomic mass is 10.2. The van der Waals surface area contributed by atoms with Crippen molar-refractivity contribution in [1.29, 1.82) is 5.26 Å². The third kappa shape index (κ3) is 2.69. The predicted octanol–water partition coefficient (Wildman–Crippen LogP) is 1.98. The monoisotopic (exact) mass is 225 g/mol. The Hall–Kier alpha value is -2.61. The third-order valence-electron chi connectivity index (χ3n) is 2.14. The van der Waals surface area contributed by atoms with E-state index >= 15 is 0 Å². The Morgan fingerprint density at radius 2 is 1.94 bits per heavy atom. The highest BCUT2D eigenvalue weighted by atomic mass is 15.1. The second-order valence-electron chi connectivity index (χ2n) is 3.57. The third-order valence-corrected chi connectivity index (χ3v) is 2.14.